The number of hydrogen-bond donors (Lipinski definition) is 0. The summed E-state index contributed by atoms with van der Waals surface area (Å²) in [5.74, 6) is 1.42. The van der Waals surface area contributed by atoms with Gasteiger partial charge in [-0.05, 0) is 26.4 Å². The van der Waals surface area contributed by atoms with Crippen molar-refractivity contribution >= 4 is 15.9 Å². The zero-order valence-electron chi connectivity index (χ0n) is 7.42. The molecule has 1 aliphatic rings. The molecule has 1 aliphatic heterocycles. The summed E-state index contributed by atoms with van der Waals surface area (Å²) in [6.45, 7) is 0.251. The lowest BCUT2D eigenvalue weighted by atomic mass is 10.3. The molecule has 0 N–H and O–H groups in total. The number of ether oxygens (including phenoxy) is 2. The molecule has 15 heavy (non-hydrogen) atoms. The van der Waals surface area contributed by atoms with E-state index in [9.17, 15) is 0 Å². The minimum atomic E-state index is 0.251. The average molecular weight is 269 g/mol. The van der Waals surface area contributed by atoms with E-state index in [1.54, 1.807) is 4.68 Å². The maximum absolute atomic E-state index is 5.27. The van der Waals surface area contributed by atoms with Crippen LogP contribution in [0.25, 0.3) is 5.69 Å². The Morgan fingerprint density at radius 3 is 2.80 bits per heavy atom. The summed E-state index contributed by atoms with van der Waals surface area (Å²) in [5, 5.41) is 10.9. The molecule has 7 heteroatoms. The largest absolute Gasteiger partial charge is 0.454 e. The maximum Gasteiger partial charge on any atom is 0.231 e. The van der Waals surface area contributed by atoms with Crippen LogP contribution >= 0.6 is 15.9 Å². The highest BCUT2D eigenvalue weighted by atomic mass is 79.9. The van der Waals surface area contributed by atoms with E-state index < -0.39 is 0 Å². The van der Waals surface area contributed by atoms with Crippen molar-refractivity contribution in [1.29, 1.82) is 0 Å². The van der Waals surface area contributed by atoms with Gasteiger partial charge in [0.2, 0.25) is 6.79 Å². The molecule has 0 radical (unpaired) electrons. The number of benzene rings is 1. The third-order valence-electron chi connectivity index (χ3n) is 2.04. The fourth-order valence-corrected chi connectivity index (χ4v) is 1.86. The van der Waals surface area contributed by atoms with Crippen LogP contribution in [0.2, 0.25) is 0 Å². The van der Waals surface area contributed by atoms with E-state index in [-0.39, 0.29) is 6.79 Å². The Morgan fingerprint density at radius 1 is 1.27 bits per heavy atom. The predicted molar refractivity (Wildman–Crippen MR) is 53.0 cm³/mol. The topological polar surface area (TPSA) is 62.1 Å². The molecule has 0 unspecified atom stereocenters. The van der Waals surface area contributed by atoms with Gasteiger partial charge in [-0.15, -0.1) is 5.10 Å². The number of fused-ring (bicyclic) bond motifs is 1. The summed E-state index contributed by atoms with van der Waals surface area (Å²) < 4.78 is 12.9. The zero-order chi connectivity index (χ0) is 10.3. The second-order valence-corrected chi connectivity index (χ2v) is 3.77. The molecule has 0 atom stereocenters. The van der Waals surface area contributed by atoms with Crippen LogP contribution in [0.15, 0.2) is 22.9 Å². The van der Waals surface area contributed by atoms with Gasteiger partial charge in [0.15, 0.2) is 11.5 Å². The van der Waals surface area contributed by atoms with Gasteiger partial charge in [-0.3, -0.25) is 0 Å². The molecule has 0 saturated carbocycles. The van der Waals surface area contributed by atoms with Crippen LogP contribution in [0.5, 0.6) is 11.5 Å². The molecule has 6 nitrogen and oxygen atoms in total. The smallest absolute Gasteiger partial charge is 0.231 e. The van der Waals surface area contributed by atoms with E-state index in [4.69, 9.17) is 9.47 Å². The summed E-state index contributed by atoms with van der Waals surface area (Å²) >= 11 is 3.42. The van der Waals surface area contributed by atoms with Crippen molar-refractivity contribution in [3.05, 3.63) is 22.9 Å². The molecule has 0 bridgehead atoms. The average Bonchev–Trinajstić information content (AvgIpc) is 2.85. The summed E-state index contributed by atoms with van der Waals surface area (Å²) in [4.78, 5) is 0. The lowest BCUT2D eigenvalue weighted by molar-refractivity contribution is 0.174. The van der Waals surface area contributed by atoms with E-state index in [1.807, 2.05) is 12.1 Å². The van der Waals surface area contributed by atoms with Crippen LogP contribution in [0.3, 0.4) is 0 Å². The van der Waals surface area contributed by atoms with Gasteiger partial charge in [0.25, 0.3) is 0 Å². The Labute approximate surface area is 92.9 Å². The molecule has 2 heterocycles. The minimum Gasteiger partial charge on any atom is -0.454 e. The molecule has 1 aromatic heterocycles. The number of hydrogen-bond acceptors (Lipinski definition) is 5. The molecule has 0 fully saturated rings. The highest BCUT2D eigenvalue weighted by molar-refractivity contribution is 9.10. The van der Waals surface area contributed by atoms with Gasteiger partial charge in [-0.2, -0.15) is 4.68 Å². The van der Waals surface area contributed by atoms with E-state index in [0.29, 0.717) is 5.75 Å². The number of rotatable bonds is 1. The first-order valence-corrected chi connectivity index (χ1v) is 4.96. The molecule has 0 saturated heterocycles. The second-order valence-electron chi connectivity index (χ2n) is 2.91. The van der Waals surface area contributed by atoms with Gasteiger partial charge >= 0.3 is 0 Å². The van der Waals surface area contributed by atoms with Gasteiger partial charge in [0, 0.05) is 16.6 Å². The van der Waals surface area contributed by atoms with E-state index >= 15 is 0 Å². The third kappa shape index (κ3) is 1.35. The SMILES string of the molecule is Brc1cc2c(cc1-n1cnnn1)OCO2. The number of halogens is 1. The fraction of sp³-hybridized carbons (Fsp3) is 0.125. The Bertz CT molecular complexity index is 500. The van der Waals surface area contributed by atoms with Gasteiger partial charge < -0.3 is 9.47 Å². The van der Waals surface area contributed by atoms with Crippen molar-refractivity contribution in [2.75, 3.05) is 6.79 Å². The monoisotopic (exact) mass is 268 g/mol. The van der Waals surface area contributed by atoms with Crippen LogP contribution < -0.4 is 9.47 Å². The van der Waals surface area contributed by atoms with Crippen LogP contribution in [-0.2, 0) is 0 Å². The van der Waals surface area contributed by atoms with Gasteiger partial charge in [0.05, 0.1) is 5.69 Å². The van der Waals surface area contributed by atoms with Crippen molar-refractivity contribution in [2.45, 2.75) is 0 Å². The van der Waals surface area contributed by atoms with Crippen LogP contribution in [0.4, 0.5) is 0 Å². The normalized spacial score (nSPS) is 13.1. The summed E-state index contributed by atoms with van der Waals surface area (Å²) in [7, 11) is 0. The summed E-state index contributed by atoms with van der Waals surface area (Å²) in [6, 6.07) is 3.65. The molecule has 1 aromatic carbocycles. The first-order chi connectivity index (χ1) is 7.34. The molecular weight excluding hydrogens is 264 g/mol. The predicted octanol–water partition coefficient (Wildman–Crippen LogP) is 1.15. The number of nitrogens with zero attached hydrogens (tertiary/aromatic N) is 4. The molecule has 0 amide bonds. The lowest BCUT2D eigenvalue weighted by Crippen LogP contribution is -1.96. The molecular formula is C8H5BrN4O2. The van der Waals surface area contributed by atoms with Crippen LogP contribution in [0, 0.1) is 0 Å². The van der Waals surface area contributed by atoms with Gasteiger partial charge in [-0.25, -0.2) is 0 Å². The number of aromatic nitrogens is 4. The first-order valence-electron chi connectivity index (χ1n) is 4.17. The molecule has 76 valence electrons. The maximum atomic E-state index is 5.27. The first kappa shape index (κ1) is 8.66. The van der Waals surface area contributed by atoms with Crippen LogP contribution in [-0.4, -0.2) is 27.0 Å². The van der Waals surface area contributed by atoms with E-state index in [1.165, 1.54) is 6.33 Å². The fourth-order valence-electron chi connectivity index (χ4n) is 1.35. The highest BCUT2D eigenvalue weighted by Gasteiger charge is 2.17. The molecule has 3 rings (SSSR count). The minimum absolute atomic E-state index is 0.251. The van der Waals surface area contributed by atoms with E-state index in [2.05, 4.69) is 31.5 Å². The Balaban J connectivity index is 2.17. The zero-order valence-corrected chi connectivity index (χ0v) is 9.01. The quantitative estimate of drug-likeness (QED) is 0.777. The Morgan fingerprint density at radius 2 is 2.07 bits per heavy atom. The van der Waals surface area contributed by atoms with Gasteiger partial charge in [-0.1, -0.05) is 0 Å². The van der Waals surface area contributed by atoms with Crippen molar-refractivity contribution in [2.24, 2.45) is 0 Å². The molecule has 0 spiro atoms. The van der Waals surface area contributed by atoms with E-state index in [0.717, 1.165) is 15.9 Å². The number of tetrazole rings is 1. The summed E-state index contributed by atoms with van der Waals surface area (Å²) in [5.41, 5.74) is 0.809. The second kappa shape index (κ2) is 3.20. The standard InChI is InChI=1S/C8H5BrN4O2/c9-5-1-7-8(15-4-14-7)2-6(5)13-3-10-11-12-13/h1-3H,4H2. The van der Waals surface area contributed by atoms with Crippen LogP contribution in [0.1, 0.15) is 0 Å². The van der Waals surface area contributed by atoms with Crippen molar-refractivity contribution in [3.63, 3.8) is 0 Å². The molecule has 0 aliphatic carbocycles. The summed E-state index contributed by atoms with van der Waals surface area (Å²) in [6.07, 6.45) is 1.52. The highest BCUT2D eigenvalue weighted by Crippen LogP contribution is 2.37. The Kier molecular flexibility index (Phi) is 1.84. The van der Waals surface area contributed by atoms with Crippen molar-refractivity contribution < 1.29 is 9.47 Å². The lowest BCUT2D eigenvalue weighted by Gasteiger charge is -2.04. The Hall–Kier alpha value is -1.63. The molecule has 2 aromatic rings. The van der Waals surface area contributed by atoms with Gasteiger partial charge in [0.1, 0.15) is 6.33 Å². The van der Waals surface area contributed by atoms with Crippen molar-refractivity contribution in [3.8, 4) is 17.2 Å². The third-order valence-corrected chi connectivity index (χ3v) is 2.67. The van der Waals surface area contributed by atoms with Crippen molar-refractivity contribution in [1.82, 2.24) is 20.2 Å².